The topological polar surface area (TPSA) is 43.4 Å². The third-order valence-electron chi connectivity index (χ3n) is 3.89. The highest BCUT2D eigenvalue weighted by Gasteiger charge is 2.16. The molecule has 2 aromatic rings. The maximum Gasteiger partial charge on any atom is 0.170 e. The number of ether oxygens (including phenoxy) is 1. The molecule has 0 N–H and O–H groups in total. The fourth-order valence-corrected chi connectivity index (χ4v) is 2.37. The van der Waals surface area contributed by atoms with Crippen LogP contribution in [0.15, 0.2) is 48.5 Å². The summed E-state index contributed by atoms with van der Waals surface area (Å²) in [6.45, 7) is 6.52. The number of hydrogen-bond acceptors (Lipinski definition) is 3. The molecule has 3 nitrogen and oxygen atoms in total. The molecule has 0 amide bonds. The first-order valence-corrected chi connectivity index (χ1v) is 8.14. The Labute approximate surface area is 149 Å². The van der Waals surface area contributed by atoms with Crippen LogP contribution in [0.2, 0.25) is 0 Å². The normalized spacial score (nSPS) is 10.8. The van der Waals surface area contributed by atoms with Gasteiger partial charge in [0.1, 0.15) is 12.4 Å². The van der Waals surface area contributed by atoms with Crippen molar-refractivity contribution in [1.29, 1.82) is 0 Å². The van der Waals surface area contributed by atoms with Crippen molar-refractivity contribution in [3.05, 3.63) is 65.2 Å². The van der Waals surface area contributed by atoms with Crippen molar-refractivity contribution >= 4 is 11.6 Å². The molecule has 3 heteroatoms. The van der Waals surface area contributed by atoms with Crippen molar-refractivity contribution in [2.75, 3.05) is 6.61 Å². The molecule has 25 heavy (non-hydrogen) atoms. The van der Waals surface area contributed by atoms with Gasteiger partial charge in [-0.15, -0.1) is 6.42 Å². The second kappa shape index (κ2) is 7.81. The standard InChI is InChI=1S/C22H22O3/c1-5-14-25-19-12-8-17(9-13-19)21(24)15-20(23)16-6-10-18(11-7-16)22(2,3)4/h1,6-13H,14-15H2,2-4H3. The predicted octanol–water partition coefficient (Wildman–Crippen LogP) is 4.45. The van der Waals surface area contributed by atoms with Crippen LogP contribution in [0.25, 0.3) is 0 Å². The summed E-state index contributed by atoms with van der Waals surface area (Å²) in [5, 5.41) is 0. The first kappa shape index (κ1) is 18.5. The van der Waals surface area contributed by atoms with Crippen LogP contribution in [-0.2, 0) is 5.41 Å². The predicted molar refractivity (Wildman–Crippen MR) is 99.2 cm³/mol. The zero-order chi connectivity index (χ0) is 18.4. The zero-order valence-corrected chi connectivity index (χ0v) is 14.8. The second-order valence-corrected chi connectivity index (χ2v) is 6.87. The molecule has 0 aliphatic heterocycles. The van der Waals surface area contributed by atoms with E-state index in [9.17, 15) is 9.59 Å². The number of carbonyl (C=O) groups excluding carboxylic acids is 2. The summed E-state index contributed by atoms with van der Waals surface area (Å²) in [5.74, 6) is 2.58. The quantitative estimate of drug-likeness (QED) is 0.445. The van der Waals surface area contributed by atoms with E-state index in [1.165, 1.54) is 0 Å². The van der Waals surface area contributed by atoms with Gasteiger partial charge in [-0.1, -0.05) is 51.0 Å². The van der Waals surface area contributed by atoms with Crippen LogP contribution in [-0.4, -0.2) is 18.2 Å². The minimum Gasteiger partial charge on any atom is -0.481 e. The molecular formula is C22H22O3. The molecule has 0 radical (unpaired) electrons. The van der Waals surface area contributed by atoms with Gasteiger partial charge < -0.3 is 4.74 Å². The van der Waals surface area contributed by atoms with E-state index >= 15 is 0 Å². The Morgan fingerprint density at radius 2 is 1.40 bits per heavy atom. The van der Waals surface area contributed by atoms with Crippen molar-refractivity contribution in [3.63, 3.8) is 0 Å². The van der Waals surface area contributed by atoms with E-state index in [2.05, 4.69) is 26.7 Å². The van der Waals surface area contributed by atoms with Gasteiger partial charge in [0.05, 0.1) is 6.42 Å². The SMILES string of the molecule is C#CCOc1ccc(C(=O)CC(=O)c2ccc(C(C)(C)C)cc2)cc1. The van der Waals surface area contributed by atoms with Gasteiger partial charge >= 0.3 is 0 Å². The molecule has 0 saturated heterocycles. The Morgan fingerprint density at radius 1 is 0.920 bits per heavy atom. The van der Waals surface area contributed by atoms with Crippen LogP contribution in [0.4, 0.5) is 0 Å². The fourth-order valence-electron chi connectivity index (χ4n) is 2.37. The molecule has 0 spiro atoms. The lowest BCUT2D eigenvalue weighted by molar-refractivity contribution is 0.0894. The molecule has 0 heterocycles. The monoisotopic (exact) mass is 334 g/mol. The molecular weight excluding hydrogens is 312 g/mol. The van der Waals surface area contributed by atoms with Crippen LogP contribution in [0, 0.1) is 12.3 Å². The molecule has 2 rings (SSSR count). The van der Waals surface area contributed by atoms with E-state index in [-0.39, 0.29) is 30.0 Å². The van der Waals surface area contributed by atoms with E-state index in [0.29, 0.717) is 16.9 Å². The van der Waals surface area contributed by atoms with Gasteiger partial charge in [0.2, 0.25) is 0 Å². The first-order chi connectivity index (χ1) is 11.8. The molecule has 0 aliphatic rings. The van der Waals surface area contributed by atoms with Gasteiger partial charge in [0.15, 0.2) is 11.6 Å². The van der Waals surface area contributed by atoms with Crippen molar-refractivity contribution in [1.82, 2.24) is 0 Å². The van der Waals surface area contributed by atoms with Crippen LogP contribution in [0.5, 0.6) is 5.75 Å². The number of terminal acetylenes is 1. The van der Waals surface area contributed by atoms with Crippen LogP contribution < -0.4 is 4.74 Å². The highest BCUT2D eigenvalue weighted by atomic mass is 16.5. The Hall–Kier alpha value is -2.86. The largest absolute Gasteiger partial charge is 0.481 e. The van der Waals surface area contributed by atoms with E-state index in [0.717, 1.165) is 5.56 Å². The van der Waals surface area contributed by atoms with Crippen LogP contribution in [0.1, 0.15) is 53.5 Å². The Morgan fingerprint density at radius 3 is 1.84 bits per heavy atom. The Bertz CT molecular complexity index is 785. The minimum atomic E-state index is -0.214. The lowest BCUT2D eigenvalue weighted by atomic mass is 9.86. The third kappa shape index (κ3) is 5.06. The number of rotatable bonds is 6. The van der Waals surface area contributed by atoms with E-state index in [1.54, 1.807) is 36.4 Å². The van der Waals surface area contributed by atoms with Crippen molar-refractivity contribution in [3.8, 4) is 18.1 Å². The fraction of sp³-hybridized carbons (Fsp3) is 0.273. The van der Waals surface area contributed by atoms with Gasteiger partial charge in [0, 0.05) is 11.1 Å². The summed E-state index contributed by atoms with van der Waals surface area (Å²) in [5.41, 5.74) is 2.21. The van der Waals surface area contributed by atoms with E-state index in [1.807, 2.05) is 12.1 Å². The summed E-state index contributed by atoms with van der Waals surface area (Å²) < 4.78 is 5.26. The molecule has 0 bridgehead atoms. The summed E-state index contributed by atoms with van der Waals surface area (Å²) in [6, 6.07) is 14.1. The van der Waals surface area contributed by atoms with Crippen molar-refractivity contribution < 1.29 is 14.3 Å². The lowest BCUT2D eigenvalue weighted by Crippen LogP contribution is -2.12. The first-order valence-electron chi connectivity index (χ1n) is 8.14. The molecule has 0 atom stereocenters. The molecule has 0 fully saturated rings. The summed E-state index contributed by atoms with van der Waals surface area (Å²) in [4.78, 5) is 24.6. The van der Waals surface area contributed by atoms with Crippen LogP contribution >= 0.6 is 0 Å². The molecule has 0 unspecified atom stereocenters. The van der Waals surface area contributed by atoms with E-state index < -0.39 is 0 Å². The zero-order valence-electron chi connectivity index (χ0n) is 14.8. The minimum absolute atomic E-state index is 0.0284. The molecule has 0 saturated carbocycles. The van der Waals surface area contributed by atoms with Crippen LogP contribution in [0.3, 0.4) is 0 Å². The average molecular weight is 334 g/mol. The number of Topliss-reactive ketones (excluding diaryl/α,β-unsaturated/α-hetero) is 2. The van der Waals surface area contributed by atoms with Crippen molar-refractivity contribution in [2.24, 2.45) is 0 Å². The van der Waals surface area contributed by atoms with Gasteiger partial charge in [0.25, 0.3) is 0 Å². The lowest BCUT2D eigenvalue weighted by Gasteiger charge is -2.18. The second-order valence-electron chi connectivity index (χ2n) is 6.87. The summed E-state index contributed by atoms with van der Waals surface area (Å²) in [7, 11) is 0. The average Bonchev–Trinajstić information content (AvgIpc) is 2.59. The Balaban J connectivity index is 2.02. The molecule has 0 aliphatic carbocycles. The highest BCUT2D eigenvalue weighted by molar-refractivity contribution is 6.13. The Kier molecular flexibility index (Phi) is 5.77. The maximum atomic E-state index is 12.3. The van der Waals surface area contributed by atoms with Gasteiger partial charge in [-0.2, -0.15) is 0 Å². The smallest absolute Gasteiger partial charge is 0.170 e. The number of benzene rings is 2. The molecule has 0 aromatic heterocycles. The van der Waals surface area contributed by atoms with Crippen molar-refractivity contribution in [2.45, 2.75) is 32.6 Å². The third-order valence-corrected chi connectivity index (χ3v) is 3.89. The summed E-state index contributed by atoms with van der Waals surface area (Å²) >= 11 is 0. The highest BCUT2D eigenvalue weighted by Crippen LogP contribution is 2.22. The summed E-state index contributed by atoms with van der Waals surface area (Å²) in [6.07, 6.45) is 4.98. The number of hydrogen-bond donors (Lipinski definition) is 0. The van der Waals surface area contributed by atoms with E-state index in [4.69, 9.17) is 11.2 Å². The molecule has 128 valence electrons. The van der Waals surface area contributed by atoms with Gasteiger partial charge in [-0.05, 0) is 35.2 Å². The van der Waals surface area contributed by atoms with Gasteiger partial charge in [-0.25, -0.2) is 0 Å². The molecule has 2 aromatic carbocycles. The number of carbonyl (C=O) groups is 2. The number of ketones is 2. The maximum absolute atomic E-state index is 12.3. The van der Waals surface area contributed by atoms with Gasteiger partial charge in [-0.3, -0.25) is 9.59 Å².